The van der Waals surface area contributed by atoms with E-state index in [-0.39, 0.29) is 12.4 Å². The van der Waals surface area contributed by atoms with Crippen molar-refractivity contribution < 1.29 is 17.7 Å². The zero-order valence-electron chi connectivity index (χ0n) is 13.2. The summed E-state index contributed by atoms with van der Waals surface area (Å²) in [7, 11) is -3.59. The van der Waals surface area contributed by atoms with Crippen LogP contribution in [0, 0.1) is 6.92 Å². The predicted octanol–water partition coefficient (Wildman–Crippen LogP) is 1.95. The molecule has 0 aliphatic carbocycles. The molecule has 1 N–H and O–H groups in total. The van der Waals surface area contributed by atoms with Crippen LogP contribution >= 0.6 is 0 Å². The van der Waals surface area contributed by atoms with E-state index in [9.17, 15) is 13.2 Å². The van der Waals surface area contributed by atoms with Crippen molar-refractivity contribution in [3.8, 4) is 0 Å². The van der Waals surface area contributed by atoms with E-state index in [1.54, 1.807) is 25.1 Å². The van der Waals surface area contributed by atoms with Crippen molar-refractivity contribution in [1.82, 2.24) is 5.16 Å². The number of aromatic nitrogens is 1. The zero-order valence-corrected chi connectivity index (χ0v) is 14.1. The van der Waals surface area contributed by atoms with Crippen LogP contribution in [0.15, 0.2) is 34.9 Å². The number of aryl methyl sites for hydroxylation is 2. The summed E-state index contributed by atoms with van der Waals surface area (Å²) in [6.07, 6.45) is 1.92. The number of sulfonamides is 1. The second kappa shape index (κ2) is 6.82. The van der Waals surface area contributed by atoms with Gasteiger partial charge in [0.1, 0.15) is 12.3 Å². The Morgan fingerprint density at radius 1 is 1.30 bits per heavy atom. The van der Waals surface area contributed by atoms with Crippen LogP contribution < -0.4 is 9.62 Å². The van der Waals surface area contributed by atoms with Crippen LogP contribution in [0.4, 0.5) is 11.5 Å². The molecule has 0 bridgehead atoms. The van der Waals surface area contributed by atoms with Crippen molar-refractivity contribution in [2.24, 2.45) is 0 Å². The lowest BCUT2D eigenvalue weighted by Gasteiger charge is -2.21. The molecule has 0 fully saturated rings. The van der Waals surface area contributed by atoms with E-state index < -0.39 is 15.9 Å². The molecule has 1 aromatic carbocycles. The highest BCUT2D eigenvalue weighted by Gasteiger charge is 2.21. The van der Waals surface area contributed by atoms with Crippen LogP contribution in [0.1, 0.15) is 18.2 Å². The molecular weight excluding hydrogens is 318 g/mol. The molecule has 23 heavy (non-hydrogen) atoms. The third kappa shape index (κ3) is 4.56. The molecule has 0 atom stereocenters. The Hall–Kier alpha value is -2.35. The number of hydrogen-bond acceptors (Lipinski definition) is 5. The lowest BCUT2D eigenvalue weighted by molar-refractivity contribution is -0.114. The minimum absolute atomic E-state index is 0.252. The highest BCUT2D eigenvalue weighted by atomic mass is 32.2. The van der Waals surface area contributed by atoms with Gasteiger partial charge in [0.2, 0.25) is 15.9 Å². The number of carbonyl (C=O) groups excluding carboxylic acids is 1. The maximum atomic E-state index is 12.1. The smallest absolute Gasteiger partial charge is 0.246 e. The molecule has 0 aliphatic heterocycles. The average molecular weight is 337 g/mol. The second-order valence-electron chi connectivity index (χ2n) is 5.16. The minimum atomic E-state index is -3.59. The molecule has 8 heteroatoms. The average Bonchev–Trinajstić information content (AvgIpc) is 2.89. The molecule has 1 aromatic heterocycles. The van der Waals surface area contributed by atoms with Gasteiger partial charge in [-0.3, -0.25) is 9.10 Å². The summed E-state index contributed by atoms with van der Waals surface area (Å²) in [6, 6.07) is 8.61. The van der Waals surface area contributed by atoms with Gasteiger partial charge in [-0.05, 0) is 31.0 Å². The van der Waals surface area contributed by atoms with Gasteiger partial charge in [0.15, 0.2) is 5.82 Å². The number of amides is 1. The number of anilines is 2. The third-order valence-corrected chi connectivity index (χ3v) is 4.36. The molecule has 0 spiro atoms. The van der Waals surface area contributed by atoms with E-state index in [0.717, 1.165) is 22.5 Å². The van der Waals surface area contributed by atoms with E-state index in [0.29, 0.717) is 11.4 Å². The summed E-state index contributed by atoms with van der Waals surface area (Å²) in [5, 5.41) is 6.15. The van der Waals surface area contributed by atoms with Gasteiger partial charge in [-0.25, -0.2) is 8.42 Å². The summed E-state index contributed by atoms with van der Waals surface area (Å²) in [5.41, 5.74) is 1.53. The monoisotopic (exact) mass is 337 g/mol. The summed E-state index contributed by atoms with van der Waals surface area (Å²) in [5.74, 6) is 0.306. The zero-order chi connectivity index (χ0) is 17.0. The van der Waals surface area contributed by atoms with Crippen molar-refractivity contribution in [1.29, 1.82) is 0 Å². The Kier molecular flexibility index (Phi) is 5.05. The van der Waals surface area contributed by atoms with Gasteiger partial charge in [0.25, 0.3) is 0 Å². The van der Waals surface area contributed by atoms with E-state index >= 15 is 0 Å². The molecule has 124 valence electrons. The first kappa shape index (κ1) is 17.0. The van der Waals surface area contributed by atoms with Crippen molar-refractivity contribution in [2.45, 2.75) is 20.3 Å². The van der Waals surface area contributed by atoms with E-state index in [4.69, 9.17) is 4.52 Å². The van der Waals surface area contributed by atoms with Gasteiger partial charge in [0, 0.05) is 6.07 Å². The summed E-state index contributed by atoms with van der Waals surface area (Å²) in [4.78, 5) is 12.1. The van der Waals surface area contributed by atoms with E-state index in [1.807, 2.05) is 19.1 Å². The number of nitrogens with one attached hydrogen (secondary N) is 1. The fourth-order valence-corrected chi connectivity index (χ4v) is 2.89. The third-order valence-electron chi connectivity index (χ3n) is 3.22. The summed E-state index contributed by atoms with van der Waals surface area (Å²) in [6.45, 7) is 3.37. The van der Waals surface area contributed by atoms with Crippen LogP contribution in [0.3, 0.4) is 0 Å². The molecule has 2 rings (SSSR count). The van der Waals surface area contributed by atoms with Crippen LogP contribution in [0.5, 0.6) is 0 Å². The van der Waals surface area contributed by atoms with Crippen molar-refractivity contribution in [3.63, 3.8) is 0 Å². The number of carbonyl (C=O) groups is 1. The Morgan fingerprint density at radius 3 is 2.43 bits per heavy atom. The Balaban J connectivity index is 2.17. The lowest BCUT2D eigenvalue weighted by Crippen LogP contribution is -2.37. The molecule has 7 nitrogen and oxygen atoms in total. The van der Waals surface area contributed by atoms with Crippen LogP contribution in [-0.2, 0) is 21.2 Å². The standard InChI is InChI=1S/C15H19N3O4S/c1-4-12-5-7-13(8-6-12)18(23(3,20)21)10-15(19)16-14-9-11(2)22-17-14/h5-9H,4,10H2,1-3H3,(H,16,17,19). The molecule has 1 amide bonds. The van der Waals surface area contributed by atoms with Crippen LogP contribution in [-0.4, -0.2) is 32.3 Å². The van der Waals surface area contributed by atoms with Gasteiger partial charge < -0.3 is 9.84 Å². The largest absolute Gasteiger partial charge is 0.360 e. The minimum Gasteiger partial charge on any atom is -0.360 e. The van der Waals surface area contributed by atoms with Crippen molar-refractivity contribution in [3.05, 3.63) is 41.7 Å². The first-order valence-corrected chi connectivity index (χ1v) is 8.94. The number of rotatable bonds is 6. The molecule has 0 unspecified atom stereocenters. The number of benzene rings is 1. The Morgan fingerprint density at radius 2 is 1.96 bits per heavy atom. The van der Waals surface area contributed by atoms with Gasteiger partial charge in [0.05, 0.1) is 11.9 Å². The molecule has 1 heterocycles. The highest BCUT2D eigenvalue weighted by molar-refractivity contribution is 7.92. The van der Waals surface area contributed by atoms with Gasteiger partial charge in [-0.1, -0.05) is 24.2 Å². The maximum Gasteiger partial charge on any atom is 0.246 e. The second-order valence-corrected chi connectivity index (χ2v) is 7.07. The Labute approximate surface area is 135 Å². The van der Waals surface area contributed by atoms with Crippen LogP contribution in [0.2, 0.25) is 0 Å². The normalized spacial score (nSPS) is 11.3. The van der Waals surface area contributed by atoms with E-state index in [2.05, 4.69) is 10.5 Å². The van der Waals surface area contributed by atoms with Gasteiger partial charge in [-0.2, -0.15) is 0 Å². The highest BCUT2D eigenvalue weighted by Crippen LogP contribution is 2.19. The summed E-state index contributed by atoms with van der Waals surface area (Å²) < 4.78 is 29.9. The van der Waals surface area contributed by atoms with Gasteiger partial charge in [-0.15, -0.1) is 0 Å². The molecule has 0 radical (unpaired) electrons. The topological polar surface area (TPSA) is 92.5 Å². The Bertz CT molecular complexity index is 781. The first-order valence-electron chi connectivity index (χ1n) is 7.09. The van der Waals surface area contributed by atoms with Crippen LogP contribution in [0.25, 0.3) is 0 Å². The first-order chi connectivity index (χ1) is 10.8. The van der Waals surface area contributed by atoms with Gasteiger partial charge >= 0.3 is 0 Å². The fourth-order valence-electron chi connectivity index (χ4n) is 2.04. The van der Waals surface area contributed by atoms with Crippen molar-refractivity contribution in [2.75, 3.05) is 22.4 Å². The molecular formula is C15H19N3O4S. The lowest BCUT2D eigenvalue weighted by atomic mass is 10.1. The molecule has 0 saturated heterocycles. The quantitative estimate of drug-likeness (QED) is 0.870. The number of nitrogens with zero attached hydrogens (tertiary/aromatic N) is 2. The maximum absolute atomic E-state index is 12.1. The van der Waals surface area contributed by atoms with Crippen molar-refractivity contribution >= 4 is 27.4 Å². The molecule has 0 aliphatic rings. The van der Waals surface area contributed by atoms with E-state index in [1.165, 1.54) is 0 Å². The number of hydrogen-bond donors (Lipinski definition) is 1. The molecule has 2 aromatic rings. The predicted molar refractivity (Wildman–Crippen MR) is 87.9 cm³/mol. The fraction of sp³-hybridized carbons (Fsp3) is 0.333. The summed E-state index contributed by atoms with van der Waals surface area (Å²) >= 11 is 0. The molecule has 0 saturated carbocycles. The SMILES string of the molecule is CCc1ccc(N(CC(=O)Nc2cc(C)on2)S(C)(=O)=O)cc1.